The van der Waals surface area contributed by atoms with E-state index in [1.54, 1.807) is 37.3 Å². The van der Waals surface area contributed by atoms with Crippen LogP contribution < -0.4 is 0 Å². The molecule has 0 aliphatic heterocycles. The van der Waals surface area contributed by atoms with Crippen LogP contribution in [0, 0.1) is 13.8 Å². The minimum atomic E-state index is -4.44. The SMILES string of the molecule is C/C=C/c1cccc(C(F)(F)F)c1-c1cc(C)c(C)cc1Cl. The van der Waals surface area contributed by atoms with Crippen molar-refractivity contribution < 1.29 is 13.2 Å². The molecule has 0 saturated heterocycles. The number of halogens is 4. The van der Waals surface area contributed by atoms with E-state index in [1.165, 1.54) is 6.07 Å². The Bertz CT molecular complexity index is 728. The maximum Gasteiger partial charge on any atom is 0.417 e. The first-order valence-electron chi connectivity index (χ1n) is 6.85. The summed E-state index contributed by atoms with van der Waals surface area (Å²) in [5, 5.41) is 0.325. The summed E-state index contributed by atoms with van der Waals surface area (Å²) >= 11 is 6.24. The standard InChI is InChI=1S/C18H16ClF3/c1-4-6-13-7-5-8-15(18(20,21)22)17(13)14-9-11(2)12(3)10-16(14)19/h4-10H,1-3H3/b6-4+. The Labute approximate surface area is 133 Å². The smallest absolute Gasteiger partial charge is 0.166 e. The van der Waals surface area contributed by atoms with Crippen LogP contribution in [0.3, 0.4) is 0 Å². The summed E-state index contributed by atoms with van der Waals surface area (Å²) in [6.45, 7) is 5.51. The zero-order valence-corrected chi connectivity index (χ0v) is 13.3. The third-order valence-corrected chi connectivity index (χ3v) is 3.91. The Kier molecular flexibility index (Phi) is 4.66. The lowest BCUT2D eigenvalue weighted by Gasteiger charge is -2.18. The highest BCUT2D eigenvalue weighted by molar-refractivity contribution is 6.33. The van der Waals surface area contributed by atoms with E-state index in [0.717, 1.165) is 17.2 Å². The van der Waals surface area contributed by atoms with Crippen molar-refractivity contribution in [2.45, 2.75) is 26.9 Å². The summed E-state index contributed by atoms with van der Waals surface area (Å²) in [6.07, 6.45) is -1.06. The maximum absolute atomic E-state index is 13.4. The molecule has 0 aliphatic carbocycles. The average Bonchev–Trinajstić information content (AvgIpc) is 2.42. The number of aryl methyl sites for hydroxylation is 2. The second kappa shape index (κ2) is 6.17. The molecular formula is C18H16ClF3. The van der Waals surface area contributed by atoms with E-state index in [-0.39, 0.29) is 5.56 Å². The van der Waals surface area contributed by atoms with Crippen molar-refractivity contribution in [3.8, 4) is 11.1 Å². The molecule has 2 aromatic rings. The highest BCUT2D eigenvalue weighted by Gasteiger charge is 2.34. The second-order valence-electron chi connectivity index (χ2n) is 5.18. The van der Waals surface area contributed by atoms with E-state index in [9.17, 15) is 13.2 Å². The normalized spacial score (nSPS) is 12.1. The molecule has 2 rings (SSSR count). The quantitative estimate of drug-likeness (QED) is 0.578. The molecule has 0 radical (unpaired) electrons. The molecule has 0 fully saturated rings. The lowest BCUT2D eigenvalue weighted by molar-refractivity contribution is -0.137. The summed E-state index contributed by atoms with van der Waals surface area (Å²) in [6, 6.07) is 7.59. The summed E-state index contributed by atoms with van der Waals surface area (Å²) in [4.78, 5) is 0. The van der Waals surface area contributed by atoms with E-state index < -0.39 is 11.7 Å². The van der Waals surface area contributed by atoms with E-state index in [0.29, 0.717) is 16.1 Å². The number of rotatable bonds is 2. The molecule has 0 aromatic heterocycles. The van der Waals surface area contributed by atoms with Gasteiger partial charge < -0.3 is 0 Å². The number of allylic oxidation sites excluding steroid dienone is 1. The Balaban J connectivity index is 2.86. The van der Waals surface area contributed by atoms with Crippen LogP contribution in [0.2, 0.25) is 5.02 Å². The lowest BCUT2D eigenvalue weighted by Crippen LogP contribution is -2.08. The van der Waals surface area contributed by atoms with Gasteiger partial charge in [0.05, 0.1) is 5.56 Å². The van der Waals surface area contributed by atoms with Crippen molar-refractivity contribution in [2.75, 3.05) is 0 Å². The second-order valence-corrected chi connectivity index (χ2v) is 5.59. The van der Waals surface area contributed by atoms with Crippen LogP contribution in [0.25, 0.3) is 17.2 Å². The van der Waals surface area contributed by atoms with Gasteiger partial charge in [-0.3, -0.25) is 0 Å². The Morgan fingerprint density at radius 3 is 2.27 bits per heavy atom. The first-order chi connectivity index (χ1) is 10.3. The Hall–Kier alpha value is -1.74. The molecule has 0 aliphatic rings. The Morgan fingerprint density at radius 1 is 1.05 bits per heavy atom. The summed E-state index contributed by atoms with van der Waals surface area (Å²) in [5.41, 5.74) is 2.22. The zero-order valence-electron chi connectivity index (χ0n) is 12.6. The molecule has 0 spiro atoms. The van der Waals surface area contributed by atoms with E-state index in [4.69, 9.17) is 11.6 Å². The molecule has 4 heteroatoms. The minimum absolute atomic E-state index is 0.126. The molecule has 22 heavy (non-hydrogen) atoms. The number of hydrogen-bond acceptors (Lipinski definition) is 0. The van der Waals surface area contributed by atoms with Gasteiger partial charge in [-0.1, -0.05) is 35.9 Å². The van der Waals surface area contributed by atoms with Gasteiger partial charge in [0, 0.05) is 16.1 Å². The average molecular weight is 325 g/mol. The van der Waals surface area contributed by atoms with Gasteiger partial charge >= 0.3 is 6.18 Å². The van der Waals surface area contributed by atoms with Crippen molar-refractivity contribution >= 4 is 17.7 Å². The first-order valence-corrected chi connectivity index (χ1v) is 7.23. The molecule has 0 N–H and O–H groups in total. The van der Waals surface area contributed by atoms with Crippen molar-refractivity contribution in [3.63, 3.8) is 0 Å². The highest BCUT2D eigenvalue weighted by Crippen LogP contribution is 2.42. The van der Waals surface area contributed by atoms with E-state index >= 15 is 0 Å². The summed E-state index contributed by atoms with van der Waals surface area (Å²) in [5.74, 6) is 0. The number of alkyl halides is 3. The monoisotopic (exact) mass is 324 g/mol. The number of benzene rings is 2. The maximum atomic E-state index is 13.4. The van der Waals surface area contributed by atoms with Gasteiger partial charge in [-0.25, -0.2) is 0 Å². The molecule has 0 bridgehead atoms. The molecule has 0 amide bonds. The predicted octanol–water partition coefficient (Wildman–Crippen LogP) is 6.68. The van der Waals surface area contributed by atoms with Crippen LogP contribution in [0.4, 0.5) is 13.2 Å². The van der Waals surface area contributed by atoms with Gasteiger partial charge in [0.15, 0.2) is 0 Å². The fourth-order valence-corrected chi connectivity index (χ4v) is 2.71. The van der Waals surface area contributed by atoms with Crippen LogP contribution in [0.1, 0.15) is 29.2 Å². The minimum Gasteiger partial charge on any atom is -0.166 e. The van der Waals surface area contributed by atoms with Gasteiger partial charge in [0.1, 0.15) is 0 Å². The van der Waals surface area contributed by atoms with Crippen molar-refractivity contribution in [1.29, 1.82) is 0 Å². The molecule has 116 valence electrons. The lowest BCUT2D eigenvalue weighted by atomic mass is 9.91. The van der Waals surface area contributed by atoms with Gasteiger partial charge in [-0.05, 0) is 55.7 Å². The van der Waals surface area contributed by atoms with Crippen LogP contribution in [0.15, 0.2) is 36.4 Å². The van der Waals surface area contributed by atoms with Crippen molar-refractivity contribution in [1.82, 2.24) is 0 Å². The zero-order chi connectivity index (χ0) is 16.5. The molecule has 0 atom stereocenters. The van der Waals surface area contributed by atoms with E-state index in [1.807, 2.05) is 13.8 Å². The Morgan fingerprint density at radius 2 is 1.68 bits per heavy atom. The molecule has 0 nitrogen and oxygen atoms in total. The van der Waals surface area contributed by atoms with Gasteiger partial charge in [0.25, 0.3) is 0 Å². The molecule has 0 heterocycles. The number of hydrogen-bond donors (Lipinski definition) is 0. The fourth-order valence-electron chi connectivity index (χ4n) is 2.40. The predicted molar refractivity (Wildman–Crippen MR) is 86.1 cm³/mol. The van der Waals surface area contributed by atoms with Crippen LogP contribution in [-0.4, -0.2) is 0 Å². The topological polar surface area (TPSA) is 0 Å². The third-order valence-electron chi connectivity index (χ3n) is 3.60. The van der Waals surface area contributed by atoms with E-state index in [2.05, 4.69) is 0 Å². The summed E-state index contributed by atoms with van der Waals surface area (Å²) in [7, 11) is 0. The largest absolute Gasteiger partial charge is 0.417 e. The van der Waals surface area contributed by atoms with Gasteiger partial charge in [-0.2, -0.15) is 13.2 Å². The van der Waals surface area contributed by atoms with Gasteiger partial charge in [-0.15, -0.1) is 0 Å². The first kappa shape index (κ1) is 16.6. The molecule has 0 saturated carbocycles. The van der Waals surface area contributed by atoms with Crippen molar-refractivity contribution in [3.05, 3.63) is 63.7 Å². The van der Waals surface area contributed by atoms with Crippen LogP contribution in [0.5, 0.6) is 0 Å². The van der Waals surface area contributed by atoms with Gasteiger partial charge in [0.2, 0.25) is 0 Å². The molecule has 0 unspecified atom stereocenters. The highest BCUT2D eigenvalue weighted by atomic mass is 35.5. The molecular weight excluding hydrogens is 309 g/mol. The van der Waals surface area contributed by atoms with Crippen LogP contribution in [-0.2, 0) is 6.18 Å². The van der Waals surface area contributed by atoms with Crippen molar-refractivity contribution in [2.24, 2.45) is 0 Å². The third kappa shape index (κ3) is 3.20. The van der Waals surface area contributed by atoms with Crippen LogP contribution >= 0.6 is 11.6 Å². The molecule has 2 aromatic carbocycles. The summed E-state index contributed by atoms with van der Waals surface area (Å²) < 4.78 is 40.2. The fraction of sp³-hybridized carbons (Fsp3) is 0.222.